The van der Waals surface area contributed by atoms with Gasteiger partial charge in [0.25, 0.3) is 15.9 Å². The Bertz CT molecular complexity index is 1240. The van der Waals surface area contributed by atoms with Crippen molar-refractivity contribution in [1.29, 1.82) is 0 Å². The van der Waals surface area contributed by atoms with E-state index in [1.165, 1.54) is 15.6 Å². The van der Waals surface area contributed by atoms with E-state index in [2.05, 4.69) is 20.3 Å². The van der Waals surface area contributed by atoms with Gasteiger partial charge in [0.2, 0.25) is 5.95 Å². The lowest BCUT2D eigenvalue weighted by molar-refractivity contribution is 0.102. The molecule has 0 unspecified atom stereocenters. The molecule has 10 heteroatoms. The number of aryl methyl sites for hydroxylation is 3. The Kier molecular flexibility index (Phi) is 5.39. The van der Waals surface area contributed by atoms with Crippen molar-refractivity contribution < 1.29 is 13.2 Å². The molecule has 2 aromatic heterocycles. The van der Waals surface area contributed by atoms with Crippen LogP contribution >= 0.6 is 11.3 Å². The average Bonchev–Trinajstić information content (AvgIpc) is 3.06. The molecule has 4 rings (SSSR count). The van der Waals surface area contributed by atoms with Crippen LogP contribution in [0.15, 0.2) is 34.7 Å². The number of amides is 1. The van der Waals surface area contributed by atoms with Gasteiger partial charge < -0.3 is 0 Å². The smallest absolute Gasteiger partial charge is 0.258 e. The molecular weight excluding hydrogens is 422 g/mol. The van der Waals surface area contributed by atoms with Gasteiger partial charge in [-0.05, 0) is 32.9 Å². The van der Waals surface area contributed by atoms with Gasteiger partial charge in [-0.2, -0.15) is 4.31 Å². The molecule has 156 valence electrons. The number of hydrogen-bond donors (Lipinski definition) is 1. The normalized spacial score (nSPS) is 14.4. The van der Waals surface area contributed by atoms with Crippen LogP contribution in [0.2, 0.25) is 0 Å². The summed E-state index contributed by atoms with van der Waals surface area (Å²) >= 11 is 1.18. The molecule has 0 saturated heterocycles. The molecule has 30 heavy (non-hydrogen) atoms. The summed E-state index contributed by atoms with van der Waals surface area (Å²) in [5.41, 5.74) is 3.52. The van der Waals surface area contributed by atoms with Gasteiger partial charge in [-0.3, -0.25) is 10.1 Å². The minimum Gasteiger partial charge on any atom is -0.290 e. The zero-order chi connectivity index (χ0) is 21.5. The Labute approximate surface area is 179 Å². The molecule has 1 aliphatic heterocycles. The van der Waals surface area contributed by atoms with E-state index in [4.69, 9.17) is 0 Å². The molecule has 8 nitrogen and oxygen atoms in total. The lowest BCUT2D eigenvalue weighted by Crippen LogP contribution is -2.36. The van der Waals surface area contributed by atoms with E-state index in [0.717, 1.165) is 21.8 Å². The number of aromatic nitrogens is 3. The first-order valence-corrected chi connectivity index (χ1v) is 11.7. The lowest BCUT2D eigenvalue weighted by Gasteiger charge is -2.27. The Morgan fingerprint density at radius 3 is 2.70 bits per heavy atom. The third-order valence-electron chi connectivity index (χ3n) is 4.84. The van der Waals surface area contributed by atoms with E-state index < -0.39 is 10.0 Å². The number of anilines is 1. The van der Waals surface area contributed by atoms with Crippen LogP contribution in [0, 0.1) is 20.8 Å². The Hall–Kier alpha value is -2.69. The molecule has 0 atom stereocenters. The molecule has 0 radical (unpaired) electrons. The third-order valence-corrected chi connectivity index (χ3v) is 8.34. The molecular formula is C20H21N5O3S2. The maximum Gasteiger partial charge on any atom is 0.258 e. The predicted octanol–water partition coefficient (Wildman–Crippen LogP) is 2.86. The molecule has 1 amide bonds. The zero-order valence-corrected chi connectivity index (χ0v) is 18.5. The largest absolute Gasteiger partial charge is 0.290 e. The number of nitrogens with zero attached hydrogens (tertiary/aromatic N) is 4. The fourth-order valence-corrected chi connectivity index (χ4v) is 6.42. The van der Waals surface area contributed by atoms with Crippen molar-refractivity contribution in [2.45, 2.75) is 37.9 Å². The van der Waals surface area contributed by atoms with Gasteiger partial charge in [0, 0.05) is 36.8 Å². The van der Waals surface area contributed by atoms with Crippen LogP contribution in [0.3, 0.4) is 0 Å². The standard InChI is InChI=1S/C20H21N5O3S2/c1-12-5-4-6-15(9-12)18(26)24-20-21-10-16-11-25(8-7-17(16)23-20)30(27,28)19-13(2)22-14(3)29-19/h4-6,9-10H,7-8,11H2,1-3H3,(H,21,23,24,26). The fourth-order valence-electron chi connectivity index (χ4n) is 3.38. The highest BCUT2D eigenvalue weighted by Gasteiger charge is 2.32. The Morgan fingerprint density at radius 2 is 2.00 bits per heavy atom. The highest BCUT2D eigenvalue weighted by Crippen LogP contribution is 2.29. The van der Waals surface area contributed by atoms with Gasteiger partial charge in [0.05, 0.1) is 16.4 Å². The van der Waals surface area contributed by atoms with Crippen molar-refractivity contribution >= 4 is 33.2 Å². The quantitative estimate of drug-likeness (QED) is 0.665. The number of benzene rings is 1. The molecule has 0 saturated carbocycles. The number of rotatable bonds is 4. The van der Waals surface area contributed by atoms with Crippen LogP contribution in [-0.2, 0) is 23.0 Å². The maximum absolute atomic E-state index is 13.0. The van der Waals surface area contributed by atoms with E-state index >= 15 is 0 Å². The summed E-state index contributed by atoms with van der Waals surface area (Å²) in [6.07, 6.45) is 2.03. The van der Waals surface area contributed by atoms with Crippen molar-refractivity contribution in [1.82, 2.24) is 19.3 Å². The summed E-state index contributed by atoms with van der Waals surface area (Å²) < 4.78 is 27.8. The lowest BCUT2D eigenvalue weighted by atomic mass is 10.1. The fraction of sp³-hybridized carbons (Fsp3) is 0.300. The summed E-state index contributed by atoms with van der Waals surface area (Å²) in [5, 5.41) is 3.44. The highest BCUT2D eigenvalue weighted by atomic mass is 32.2. The van der Waals surface area contributed by atoms with Crippen LogP contribution in [0.1, 0.15) is 37.9 Å². The van der Waals surface area contributed by atoms with Crippen LogP contribution in [0.4, 0.5) is 5.95 Å². The van der Waals surface area contributed by atoms with Crippen molar-refractivity contribution in [2.24, 2.45) is 0 Å². The summed E-state index contributed by atoms with van der Waals surface area (Å²) in [6.45, 7) is 5.93. The van der Waals surface area contributed by atoms with Gasteiger partial charge in [-0.1, -0.05) is 17.7 Å². The van der Waals surface area contributed by atoms with E-state index in [1.54, 1.807) is 32.2 Å². The molecule has 0 spiro atoms. The Morgan fingerprint density at radius 1 is 1.20 bits per heavy atom. The maximum atomic E-state index is 13.0. The number of fused-ring (bicyclic) bond motifs is 1. The number of carbonyl (C=O) groups excluding carboxylic acids is 1. The zero-order valence-electron chi connectivity index (χ0n) is 16.8. The molecule has 0 aliphatic carbocycles. The molecule has 3 heterocycles. The summed E-state index contributed by atoms with van der Waals surface area (Å²) in [5.74, 6) is -0.0693. The van der Waals surface area contributed by atoms with E-state index in [9.17, 15) is 13.2 Å². The number of thiazole rings is 1. The number of nitrogens with one attached hydrogen (secondary N) is 1. The number of hydrogen-bond acceptors (Lipinski definition) is 7. The second-order valence-electron chi connectivity index (χ2n) is 7.18. The van der Waals surface area contributed by atoms with Crippen LogP contribution in [-0.4, -0.2) is 40.1 Å². The first kappa shape index (κ1) is 20.6. The second-order valence-corrected chi connectivity index (χ2v) is 10.5. The molecule has 1 aromatic carbocycles. The van der Waals surface area contributed by atoms with Crippen molar-refractivity contribution in [3.05, 3.63) is 63.5 Å². The first-order chi connectivity index (χ1) is 14.2. The summed E-state index contributed by atoms with van der Waals surface area (Å²) in [7, 11) is -3.62. The minimum absolute atomic E-state index is 0.195. The molecule has 3 aromatic rings. The van der Waals surface area contributed by atoms with Crippen LogP contribution in [0.25, 0.3) is 0 Å². The first-order valence-electron chi connectivity index (χ1n) is 9.41. The average molecular weight is 444 g/mol. The summed E-state index contributed by atoms with van der Waals surface area (Å²) in [6, 6.07) is 7.26. The molecule has 0 bridgehead atoms. The highest BCUT2D eigenvalue weighted by molar-refractivity contribution is 7.91. The van der Waals surface area contributed by atoms with Gasteiger partial charge in [-0.25, -0.2) is 23.4 Å². The third kappa shape index (κ3) is 3.98. The van der Waals surface area contributed by atoms with Crippen LogP contribution < -0.4 is 5.32 Å². The SMILES string of the molecule is Cc1cccc(C(=O)Nc2ncc3c(n2)CCN(S(=O)(=O)c2sc(C)nc2C)C3)c1. The summed E-state index contributed by atoms with van der Waals surface area (Å²) in [4.78, 5) is 25.3. The van der Waals surface area contributed by atoms with Crippen molar-refractivity contribution in [3.63, 3.8) is 0 Å². The van der Waals surface area contributed by atoms with Crippen molar-refractivity contribution in [2.75, 3.05) is 11.9 Å². The van der Waals surface area contributed by atoms with Gasteiger partial charge >= 0.3 is 0 Å². The molecule has 1 aliphatic rings. The van der Waals surface area contributed by atoms with E-state index in [1.807, 2.05) is 19.1 Å². The molecule has 0 fully saturated rings. The predicted molar refractivity (Wildman–Crippen MR) is 114 cm³/mol. The van der Waals surface area contributed by atoms with Gasteiger partial charge in [0.15, 0.2) is 4.21 Å². The van der Waals surface area contributed by atoms with Gasteiger partial charge in [-0.15, -0.1) is 11.3 Å². The topological polar surface area (TPSA) is 105 Å². The van der Waals surface area contributed by atoms with Crippen molar-refractivity contribution in [3.8, 4) is 0 Å². The van der Waals surface area contributed by atoms with E-state index in [-0.39, 0.29) is 22.6 Å². The minimum atomic E-state index is -3.62. The number of carbonyl (C=O) groups is 1. The van der Waals surface area contributed by atoms with E-state index in [0.29, 0.717) is 24.2 Å². The monoisotopic (exact) mass is 443 g/mol. The number of sulfonamides is 1. The second kappa shape index (κ2) is 7.86. The van der Waals surface area contributed by atoms with Gasteiger partial charge in [0.1, 0.15) is 0 Å². The Balaban J connectivity index is 1.52. The molecule has 1 N–H and O–H groups in total. The van der Waals surface area contributed by atoms with Crippen LogP contribution in [0.5, 0.6) is 0 Å².